The summed E-state index contributed by atoms with van der Waals surface area (Å²) in [6.45, 7) is 0.953. The molecule has 0 unspecified atom stereocenters. The normalized spacial score (nSPS) is 25.2. The van der Waals surface area contributed by atoms with E-state index in [0.29, 0.717) is 24.4 Å². The van der Waals surface area contributed by atoms with E-state index in [1.807, 2.05) is 12.1 Å². The average Bonchev–Trinajstić information content (AvgIpc) is 2.26. The fourth-order valence-electron chi connectivity index (χ4n) is 2.51. The first-order valence-electron chi connectivity index (χ1n) is 5.74. The quantitative estimate of drug-likeness (QED) is 0.831. The van der Waals surface area contributed by atoms with E-state index in [9.17, 15) is 13.9 Å². The largest absolute Gasteiger partial charge is 0.334 e. The molecule has 3 rings (SSSR count). The molecule has 2 heterocycles. The number of carbonyl (C=O) groups is 1. The van der Waals surface area contributed by atoms with Crippen LogP contribution >= 0.6 is 26.5 Å². The highest BCUT2D eigenvalue weighted by atomic mass is 79.9. The molecule has 2 aliphatic heterocycles. The molecule has 2 fully saturated rings. The van der Waals surface area contributed by atoms with Gasteiger partial charge in [0.1, 0.15) is 0 Å². The fourth-order valence-corrected chi connectivity index (χ4v) is 4.64. The van der Waals surface area contributed by atoms with Gasteiger partial charge in [0.05, 0.1) is 4.75 Å². The summed E-state index contributed by atoms with van der Waals surface area (Å²) >= 11 is 3.33. The van der Waals surface area contributed by atoms with Gasteiger partial charge in [-0.15, -0.1) is 0 Å². The molecule has 0 saturated carbocycles. The summed E-state index contributed by atoms with van der Waals surface area (Å²) in [5.41, 5.74) is 0.642. The lowest BCUT2D eigenvalue weighted by atomic mass is 9.94. The Morgan fingerprint density at radius 1 is 1.28 bits per heavy atom. The van der Waals surface area contributed by atoms with Gasteiger partial charge in [0.15, 0.2) is 0 Å². The number of benzene rings is 1. The first-order valence-corrected chi connectivity index (χ1v) is 8.25. The van der Waals surface area contributed by atoms with Crippen molar-refractivity contribution >= 4 is 32.4 Å². The minimum Gasteiger partial charge on any atom is -0.334 e. The van der Waals surface area contributed by atoms with Gasteiger partial charge >= 0.3 is 0 Å². The van der Waals surface area contributed by atoms with E-state index in [0.717, 1.165) is 10.9 Å². The van der Waals surface area contributed by atoms with Crippen LogP contribution in [0.3, 0.4) is 0 Å². The van der Waals surface area contributed by atoms with E-state index < -0.39 is 15.3 Å². The molecular weight excluding hydrogens is 318 g/mol. The highest BCUT2D eigenvalue weighted by Gasteiger charge is 2.60. The molecule has 2 aliphatic rings. The van der Waals surface area contributed by atoms with Crippen LogP contribution in [-0.4, -0.2) is 43.5 Å². The van der Waals surface area contributed by atoms with E-state index in [1.54, 1.807) is 17.0 Å². The van der Waals surface area contributed by atoms with Gasteiger partial charge in [-0.25, -0.2) is 0 Å². The molecule has 18 heavy (non-hydrogen) atoms. The second-order valence-electron chi connectivity index (χ2n) is 4.97. The number of hydrogen-bond acceptors (Lipinski definition) is 3. The summed E-state index contributed by atoms with van der Waals surface area (Å²) < 4.78 is 20.1. The van der Waals surface area contributed by atoms with Crippen LogP contribution in [0.25, 0.3) is 0 Å². The Morgan fingerprint density at radius 2 is 1.89 bits per heavy atom. The van der Waals surface area contributed by atoms with Gasteiger partial charge in [-0.05, 0) is 30.7 Å². The zero-order valence-corrected chi connectivity index (χ0v) is 12.1. The molecule has 2 N–H and O–H groups in total. The Kier molecular flexibility index (Phi) is 2.75. The number of rotatable bonds is 1. The topological polar surface area (TPSA) is 60.8 Å². The maximum absolute atomic E-state index is 12.1. The first-order chi connectivity index (χ1) is 8.44. The summed E-state index contributed by atoms with van der Waals surface area (Å²) in [6.07, 6.45) is 0.819. The average molecular weight is 332 g/mol. The highest BCUT2D eigenvalue weighted by Crippen LogP contribution is 2.67. The predicted octanol–water partition coefficient (Wildman–Crippen LogP) is 2.80. The van der Waals surface area contributed by atoms with Crippen molar-refractivity contribution in [1.29, 1.82) is 0 Å². The maximum atomic E-state index is 12.1. The van der Waals surface area contributed by atoms with Crippen molar-refractivity contribution in [3.05, 3.63) is 34.3 Å². The lowest BCUT2D eigenvalue weighted by molar-refractivity contribution is 0.0496. The third kappa shape index (κ3) is 1.71. The third-order valence-corrected chi connectivity index (χ3v) is 7.02. The fraction of sp³-hybridized carbons (Fsp3) is 0.417. The van der Waals surface area contributed by atoms with Gasteiger partial charge in [-0.1, -0.05) is 15.9 Å². The lowest BCUT2D eigenvalue weighted by Crippen LogP contribution is -2.70. The van der Waals surface area contributed by atoms with Crippen molar-refractivity contribution in [2.75, 3.05) is 18.8 Å². The Bertz CT molecular complexity index is 497. The Balaban J connectivity index is 1.69. The summed E-state index contributed by atoms with van der Waals surface area (Å²) in [5.74, 6) is 0.461. The van der Waals surface area contributed by atoms with Crippen molar-refractivity contribution in [3.63, 3.8) is 0 Å². The summed E-state index contributed by atoms with van der Waals surface area (Å²) in [6, 6.07) is 7.21. The molecule has 0 aliphatic carbocycles. The number of halogens is 1. The second kappa shape index (κ2) is 3.96. The van der Waals surface area contributed by atoms with Crippen LogP contribution in [0.1, 0.15) is 16.8 Å². The van der Waals surface area contributed by atoms with Crippen LogP contribution < -0.4 is 0 Å². The van der Waals surface area contributed by atoms with Crippen LogP contribution in [0.2, 0.25) is 0 Å². The molecule has 1 aromatic carbocycles. The van der Waals surface area contributed by atoms with Gasteiger partial charge in [0.25, 0.3) is 5.91 Å². The summed E-state index contributed by atoms with van der Waals surface area (Å²) in [7, 11) is -2.44. The molecule has 1 spiro atoms. The zero-order chi connectivity index (χ0) is 13.0. The molecule has 0 atom stereocenters. The molecule has 2 saturated heterocycles. The standard InChI is InChI=1S/C12H14BrNO3S/c13-10-3-1-9(2-4-10)11(15)14-7-12(8-14)5-6-18(12,16)17/h1-4,16-17H,5-8H2. The minimum absolute atomic E-state index is 0.0322. The van der Waals surface area contributed by atoms with E-state index in [2.05, 4.69) is 15.9 Å². The van der Waals surface area contributed by atoms with Crippen molar-refractivity contribution in [3.8, 4) is 0 Å². The zero-order valence-electron chi connectivity index (χ0n) is 9.67. The van der Waals surface area contributed by atoms with E-state index in [-0.39, 0.29) is 5.91 Å². The number of amides is 1. The molecule has 0 aromatic heterocycles. The molecule has 1 amide bonds. The van der Waals surface area contributed by atoms with Crippen LogP contribution in [0, 0.1) is 0 Å². The van der Waals surface area contributed by atoms with E-state index >= 15 is 0 Å². The number of likely N-dealkylation sites (tertiary alicyclic amines) is 1. The lowest BCUT2D eigenvalue weighted by Gasteiger charge is -2.67. The Labute approximate surface area is 115 Å². The van der Waals surface area contributed by atoms with Gasteiger partial charge in [0.2, 0.25) is 0 Å². The SMILES string of the molecule is O=C(c1ccc(Br)cc1)N1CC2(CCS2(O)O)C1. The Morgan fingerprint density at radius 3 is 2.33 bits per heavy atom. The monoisotopic (exact) mass is 331 g/mol. The van der Waals surface area contributed by atoms with Gasteiger partial charge < -0.3 is 4.90 Å². The van der Waals surface area contributed by atoms with Gasteiger partial charge in [-0.2, -0.15) is 10.6 Å². The van der Waals surface area contributed by atoms with Crippen molar-refractivity contribution in [2.24, 2.45) is 0 Å². The van der Waals surface area contributed by atoms with Gasteiger partial charge in [0, 0.05) is 28.9 Å². The predicted molar refractivity (Wildman–Crippen MR) is 75.1 cm³/mol. The molecular formula is C12H14BrNO3S. The van der Waals surface area contributed by atoms with Crippen LogP contribution in [0.4, 0.5) is 0 Å². The first kappa shape index (κ1) is 12.5. The Hall–Kier alpha value is -0.560. The molecule has 0 bridgehead atoms. The number of nitrogens with zero attached hydrogens (tertiary/aromatic N) is 1. The smallest absolute Gasteiger partial charge is 0.253 e. The van der Waals surface area contributed by atoms with Crippen molar-refractivity contribution < 1.29 is 13.9 Å². The van der Waals surface area contributed by atoms with Crippen molar-refractivity contribution in [2.45, 2.75) is 11.2 Å². The summed E-state index contributed by atoms with van der Waals surface area (Å²) in [4.78, 5) is 13.8. The molecule has 98 valence electrons. The molecule has 4 nitrogen and oxygen atoms in total. The number of hydrogen-bond donors (Lipinski definition) is 2. The van der Waals surface area contributed by atoms with Gasteiger partial charge in [-0.3, -0.25) is 13.9 Å². The van der Waals surface area contributed by atoms with Crippen LogP contribution in [0.15, 0.2) is 28.7 Å². The third-order valence-electron chi connectivity index (χ3n) is 3.87. The summed E-state index contributed by atoms with van der Waals surface area (Å²) in [5, 5.41) is 0. The second-order valence-corrected chi connectivity index (χ2v) is 8.50. The number of carbonyl (C=O) groups excluding carboxylic acids is 1. The highest BCUT2D eigenvalue weighted by molar-refractivity contribution is 9.10. The van der Waals surface area contributed by atoms with Crippen LogP contribution in [-0.2, 0) is 0 Å². The van der Waals surface area contributed by atoms with Crippen LogP contribution in [0.5, 0.6) is 0 Å². The molecule has 0 radical (unpaired) electrons. The molecule has 6 heteroatoms. The van der Waals surface area contributed by atoms with E-state index in [4.69, 9.17) is 0 Å². The van der Waals surface area contributed by atoms with Crippen molar-refractivity contribution in [1.82, 2.24) is 4.90 Å². The van der Waals surface area contributed by atoms with E-state index in [1.165, 1.54) is 0 Å². The maximum Gasteiger partial charge on any atom is 0.253 e. The molecule has 1 aromatic rings. The minimum atomic E-state index is -2.44.